The molecule has 1 N–H and O–H groups in total. The van der Waals surface area contributed by atoms with Crippen LogP contribution in [0.2, 0.25) is 0 Å². The molecule has 3 aromatic rings. The summed E-state index contributed by atoms with van der Waals surface area (Å²) in [6, 6.07) is 18.1. The van der Waals surface area contributed by atoms with Crippen LogP contribution in [-0.2, 0) is 11.2 Å². The summed E-state index contributed by atoms with van der Waals surface area (Å²) in [5.41, 5.74) is 4.48. The average Bonchev–Trinajstić information content (AvgIpc) is 3.22. The van der Waals surface area contributed by atoms with Crippen LogP contribution >= 0.6 is 11.8 Å². The summed E-state index contributed by atoms with van der Waals surface area (Å²) < 4.78 is 1.84. The van der Waals surface area contributed by atoms with Crippen molar-refractivity contribution in [3.63, 3.8) is 0 Å². The summed E-state index contributed by atoms with van der Waals surface area (Å²) in [6.07, 6.45) is 4.71. The lowest BCUT2D eigenvalue weighted by molar-refractivity contribution is -0.121. The molecule has 26 heavy (non-hydrogen) atoms. The number of aryl methyl sites for hydroxylation is 1. The van der Waals surface area contributed by atoms with Crippen LogP contribution in [-0.4, -0.2) is 21.4 Å². The van der Waals surface area contributed by atoms with Crippen molar-refractivity contribution >= 4 is 17.7 Å². The third-order valence-corrected chi connectivity index (χ3v) is 5.99. The quantitative estimate of drug-likeness (QED) is 0.760. The first-order chi connectivity index (χ1) is 12.7. The molecule has 5 heteroatoms. The molecule has 1 amide bonds. The second-order valence-electron chi connectivity index (χ2n) is 6.44. The molecule has 0 fully saturated rings. The molecule has 0 aliphatic carbocycles. The van der Waals surface area contributed by atoms with Crippen LogP contribution in [0.3, 0.4) is 0 Å². The standard InChI is InChI=1S/C21H21N3OS/c1-15(17-8-4-5-10-19(17)24-13-6-12-22-24)23-21(25)20-18-9-3-2-7-16(18)11-14-26-20/h2-10,12-13,15,20H,11,14H2,1H3,(H,23,25)/t15-,20+/m1/s1. The molecule has 2 aromatic carbocycles. The Morgan fingerprint density at radius 2 is 2.00 bits per heavy atom. The van der Waals surface area contributed by atoms with E-state index in [4.69, 9.17) is 0 Å². The third kappa shape index (κ3) is 3.27. The Balaban J connectivity index is 1.57. The monoisotopic (exact) mass is 363 g/mol. The zero-order valence-corrected chi connectivity index (χ0v) is 15.4. The Kier molecular flexibility index (Phi) is 4.80. The number of aromatic nitrogens is 2. The van der Waals surface area contributed by atoms with Gasteiger partial charge >= 0.3 is 0 Å². The van der Waals surface area contributed by atoms with Crippen molar-refractivity contribution in [2.24, 2.45) is 0 Å². The lowest BCUT2D eigenvalue weighted by atomic mass is 10.0. The van der Waals surface area contributed by atoms with Gasteiger partial charge in [0.1, 0.15) is 5.25 Å². The van der Waals surface area contributed by atoms with Crippen molar-refractivity contribution in [3.8, 4) is 5.69 Å². The van der Waals surface area contributed by atoms with Crippen molar-refractivity contribution in [2.75, 3.05) is 5.75 Å². The number of rotatable bonds is 4. The van der Waals surface area contributed by atoms with Crippen molar-refractivity contribution < 1.29 is 4.79 Å². The van der Waals surface area contributed by atoms with Crippen molar-refractivity contribution in [2.45, 2.75) is 24.6 Å². The first kappa shape index (κ1) is 16.9. The van der Waals surface area contributed by atoms with E-state index in [1.807, 2.05) is 60.3 Å². The number of hydrogen-bond acceptors (Lipinski definition) is 3. The number of carbonyl (C=O) groups excluding carboxylic acids is 1. The molecule has 4 nitrogen and oxygen atoms in total. The predicted octanol–water partition coefficient (Wildman–Crippen LogP) is 4.08. The number of benzene rings is 2. The SMILES string of the molecule is C[C@@H](NC(=O)[C@H]1SCCc2ccccc21)c1ccccc1-n1cccn1. The Morgan fingerprint density at radius 1 is 1.19 bits per heavy atom. The minimum Gasteiger partial charge on any atom is -0.348 e. The van der Waals surface area contributed by atoms with Gasteiger partial charge < -0.3 is 5.32 Å². The summed E-state index contributed by atoms with van der Waals surface area (Å²) in [6.45, 7) is 2.03. The van der Waals surface area contributed by atoms with Gasteiger partial charge in [0.25, 0.3) is 0 Å². The Morgan fingerprint density at radius 3 is 2.85 bits per heavy atom. The lowest BCUT2D eigenvalue weighted by Crippen LogP contribution is -2.32. The highest BCUT2D eigenvalue weighted by Gasteiger charge is 2.28. The first-order valence-electron chi connectivity index (χ1n) is 8.83. The number of nitrogens with zero attached hydrogens (tertiary/aromatic N) is 2. The van der Waals surface area contributed by atoms with Gasteiger partial charge in [-0.05, 0) is 47.9 Å². The molecule has 0 radical (unpaired) electrons. The number of para-hydroxylation sites is 1. The van der Waals surface area contributed by atoms with Gasteiger partial charge in [0.05, 0.1) is 11.7 Å². The molecule has 0 bridgehead atoms. The van der Waals surface area contributed by atoms with E-state index in [1.54, 1.807) is 18.0 Å². The van der Waals surface area contributed by atoms with E-state index in [0.29, 0.717) is 0 Å². The Labute approximate surface area is 157 Å². The van der Waals surface area contributed by atoms with Crippen LogP contribution in [0.1, 0.15) is 34.9 Å². The highest BCUT2D eigenvalue weighted by Crippen LogP contribution is 2.37. The van der Waals surface area contributed by atoms with E-state index in [-0.39, 0.29) is 17.2 Å². The van der Waals surface area contributed by atoms with E-state index >= 15 is 0 Å². The van der Waals surface area contributed by atoms with E-state index in [0.717, 1.165) is 29.0 Å². The largest absolute Gasteiger partial charge is 0.348 e. The number of amides is 1. The summed E-state index contributed by atoms with van der Waals surface area (Å²) in [7, 11) is 0. The molecular weight excluding hydrogens is 342 g/mol. The fourth-order valence-electron chi connectivity index (χ4n) is 3.45. The minimum atomic E-state index is -0.140. The van der Waals surface area contributed by atoms with Gasteiger partial charge in [-0.25, -0.2) is 4.68 Å². The van der Waals surface area contributed by atoms with Crippen LogP contribution in [0.4, 0.5) is 0 Å². The van der Waals surface area contributed by atoms with Crippen LogP contribution in [0.5, 0.6) is 0 Å². The smallest absolute Gasteiger partial charge is 0.238 e. The van der Waals surface area contributed by atoms with Crippen LogP contribution in [0, 0.1) is 0 Å². The molecule has 132 valence electrons. The van der Waals surface area contributed by atoms with E-state index in [9.17, 15) is 4.79 Å². The summed E-state index contributed by atoms with van der Waals surface area (Å²) in [5, 5.41) is 7.40. The van der Waals surface area contributed by atoms with Crippen molar-refractivity contribution in [3.05, 3.63) is 83.7 Å². The third-order valence-electron chi connectivity index (χ3n) is 4.74. The zero-order valence-electron chi connectivity index (χ0n) is 14.6. The summed E-state index contributed by atoms with van der Waals surface area (Å²) in [4.78, 5) is 13.0. The Hall–Kier alpha value is -2.53. The van der Waals surface area contributed by atoms with Gasteiger partial charge in [-0.1, -0.05) is 42.5 Å². The number of hydrogen-bond donors (Lipinski definition) is 1. The topological polar surface area (TPSA) is 46.9 Å². The predicted molar refractivity (Wildman–Crippen MR) is 105 cm³/mol. The molecule has 4 rings (SSSR count). The molecule has 0 saturated heterocycles. The van der Waals surface area contributed by atoms with E-state index in [1.165, 1.54) is 5.56 Å². The second kappa shape index (κ2) is 7.38. The van der Waals surface area contributed by atoms with Crippen LogP contribution in [0.15, 0.2) is 67.0 Å². The normalized spacial score (nSPS) is 17.3. The zero-order chi connectivity index (χ0) is 17.9. The molecule has 1 aliphatic heterocycles. The Bertz CT molecular complexity index is 907. The van der Waals surface area contributed by atoms with Crippen molar-refractivity contribution in [1.29, 1.82) is 0 Å². The average molecular weight is 363 g/mol. The van der Waals surface area contributed by atoms with Crippen molar-refractivity contribution in [1.82, 2.24) is 15.1 Å². The van der Waals surface area contributed by atoms with Gasteiger partial charge in [-0.2, -0.15) is 5.10 Å². The maximum atomic E-state index is 13.0. The van der Waals surface area contributed by atoms with Crippen LogP contribution in [0.25, 0.3) is 5.69 Å². The molecule has 2 heterocycles. The molecule has 0 unspecified atom stereocenters. The van der Waals surface area contributed by atoms with Crippen LogP contribution < -0.4 is 5.32 Å². The molecule has 0 spiro atoms. The van der Waals surface area contributed by atoms with Gasteiger partial charge in [0.2, 0.25) is 5.91 Å². The molecular formula is C21H21N3OS. The fraction of sp³-hybridized carbons (Fsp3) is 0.238. The molecule has 0 saturated carbocycles. The summed E-state index contributed by atoms with van der Waals surface area (Å²) in [5.74, 6) is 1.05. The van der Waals surface area contributed by atoms with Gasteiger partial charge in [0.15, 0.2) is 0 Å². The fourth-order valence-corrected chi connectivity index (χ4v) is 4.65. The van der Waals surface area contributed by atoms with Gasteiger partial charge in [-0.3, -0.25) is 4.79 Å². The highest BCUT2D eigenvalue weighted by molar-refractivity contribution is 8.00. The maximum Gasteiger partial charge on any atom is 0.238 e. The summed E-state index contributed by atoms with van der Waals surface area (Å²) >= 11 is 1.72. The van der Waals surface area contributed by atoms with E-state index in [2.05, 4.69) is 22.5 Å². The number of thioether (sulfide) groups is 1. The lowest BCUT2D eigenvalue weighted by Gasteiger charge is -2.26. The first-order valence-corrected chi connectivity index (χ1v) is 9.87. The van der Waals surface area contributed by atoms with Gasteiger partial charge in [-0.15, -0.1) is 11.8 Å². The van der Waals surface area contributed by atoms with Gasteiger partial charge in [0, 0.05) is 12.4 Å². The second-order valence-corrected chi connectivity index (χ2v) is 7.65. The molecule has 1 aliphatic rings. The van der Waals surface area contributed by atoms with E-state index < -0.39 is 0 Å². The number of carbonyl (C=O) groups is 1. The maximum absolute atomic E-state index is 13.0. The molecule has 2 atom stereocenters. The molecule has 1 aromatic heterocycles. The number of nitrogens with one attached hydrogen (secondary N) is 1. The highest BCUT2D eigenvalue weighted by atomic mass is 32.2. The minimum absolute atomic E-state index is 0.0740. The number of fused-ring (bicyclic) bond motifs is 1.